The Morgan fingerprint density at radius 2 is 1.97 bits per heavy atom. The number of hydrogen-bond acceptors (Lipinski definition) is 6. The summed E-state index contributed by atoms with van der Waals surface area (Å²) in [5.41, 5.74) is 3.49. The first-order valence-corrected chi connectivity index (χ1v) is 11.7. The van der Waals surface area contributed by atoms with E-state index in [1.807, 2.05) is 30.3 Å². The molecule has 7 heteroatoms. The van der Waals surface area contributed by atoms with Crippen LogP contribution in [0, 0.1) is 0 Å². The van der Waals surface area contributed by atoms with Crippen molar-refractivity contribution in [3.63, 3.8) is 0 Å². The van der Waals surface area contributed by atoms with E-state index < -0.39 is 23.9 Å². The second-order valence-corrected chi connectivity index (χ2v) is 9.53. The average molecular weight is 461 g/mol. The molecule has 2 fully saturated rings. The lowest BCUT2D eigenvalue weighted by molar-refractivity contribution is -0.228. The molecule has 6 nitrogen and oxygen atoms in total. The van der Waals surface area contributed by atoms with Crippen molar-refractivity contribution in [2.45, 2.75) is 62.1 Å². The molecule has 2 aliphatic heterocycles. The van der Waals surface area contributed by atoms with Gasteiger partial charge < -0.3 is 29.5 Å². The van der Waals surface area contributed by atoms with Crippen LogP contribution in [0.4, 0.5) is 0 Å². The number of fused-ring (bicyclic) bond motifs is 2. The van der Waals surface area contributed by atoms with E-state index in [2.05, 4.69) is 6.07 Å². The molecule has 2 saturated heterocycles. The molecule has 5 atom stereocenters. The Morgan fingerprint density at radius 1 is 1.16 bits per heavy atom. The van der Waals surface area contributed by atoms with Crippen molar-refractivity contribution < 1.29 is 29.5 Å². The van der Waals surface area contributed by atoms with Gasteiger partial charge in [0.2, 0.25) is 0 Å². The Hall–Kier alpha value is -1.67. The van der Waals surface area contributed by atoms with Gasteiger partial charge in [-0.1, -0.05) is 29.8 Å². The third-order valence-electron chi connectivity index (χ3n) is 6.94. The van der Waals surface area contributed by atoms with Crippen molar-refractivity contribution >= 4 is 11.6 Å². The normalized spacial score (nSPS) is 31.8. The molecule has 2 aromatic rings. The van der Waals surface area contributed by atoms with Crippen LogP contribution in [0.3, 0.4) is 0 Å². The molecule has 0 radical (unpaired) electrons. The Labute approximate surface area is 192 Å². The van der Waals surface area contributed by atoms with Gasteiger partial charge in [0, 0.05) is 17.9 Å². The minimum Gasteiger partial charge on any atom is -0.488 e. The third kappa shape index (κ3) is 4.16. The van der Waals surface area contributed by atoms with E-state index in [0.29, 0.717) is 30.9 Å². The predicted molar refractivity (Wildman–Crippen MR) is 119 cm³/mol. The molecule has 1 spiro atoms. The van der Waals surface area contributed by atoms with Crippen molar-refractivity contribution in [3.05, 3.63) is 63.7 Å². The molecule has 2 heterocycles. The molecule has 0 amide bonds. The lowest BCUT2D eigenvalue weighted by atomic mass is 9.82. The van der Waals surface area contributed by atoms with E-state index in [-0.39, 0.29) is 12.7 Å². The quantitative estimate of drug-likeness (QED) is 0.636. The maximum atomic E-state index is 10.4. The molecular formula is C25H29ClO6. The van der Waals surface area contributed by atoms with Gasteiger partial charge in [0.15, 0.2) is 0 Å². The monoisotopic (exact) mass is 460 g/mol. The van der Waals surface area contributed by atoms with Crippen LogP contribution < -0.4 is 4.74 Å². The lowest BCUT2D eigenvalue weighted by Gasteiger charge is -2.44. The summed E-state index contributed by atoms with van der Waals surface area (Å²) >= 11 is 6.63. The maximum absolute atomic E-state index is 10.4. The van der Waals surface area contributed by atoms with E-state index in [9.17, 15) is 15.3 Å². The third-order valence-corrected chi connectivity index (χ3v) is 7.29. The molecule has 1 aliphatic carbocycles. The number of halogens is 1. The van der Waals surface area contributed by atoms with Gasteiger partial charge in [0.05, 0.1) is 31.5 Å². The average Bonchev–Trinajstić information content (AvgIpc) is 3.41. The summed E-state index contributed by atoms with van der Waals surface area (Å²) in [5, 5.41) is 30.9. The number of aryl methyl sites for hydroxylation is 1. The fourth-order valence-corrected chi connectivity index (χ4v) is 5.45. The van der Waals surface area contributed by atoms with E-state index >= 15 is 0 Å². The maximum Gasteiger partial charge on any atom is 0.124 e. The van der Waals surface area contributed by atoms with Gasteiger partial charge in [-0.15, -0.1) is 0 Å². The minimum atomic E-state index is -1.09. The summed E-state index contributed by atoms with van der Waals surface area (Å²) in [4.78, 5) is 0. The van der Waals surface area contributed by atoms with Crippen LogP contribution in [0.25, 0.3) is 0 Å². The van der Waals surface area contributed by atoms with Gasteiger partial charge in [-0.3, -0.25) is 0 Å². The van der Waals surface area contributed by atoms with Gasteiger partial charge in [-0.25, -0.2) is 0 Å². The van der Waals surface area contributed by atoms with Gasteiger partial charge in [-0.05, 0) is 59.7 Å². The van der Waals surface area contributed by atoms with Crippen LogP contribution >= 0.6 is 11.6 Å². The highest BCUT2D eigenvalue weighted by molar-refractivity contribution is 6.31. The molecule has 3 N–H and O–H groups in total. The van der Waals surface area contributed by atoms with Gasteiger partial charge in [0.25, 0.3) is 0 Å². The molecular weight excluding hydrogens is 432 g/mol. The van der Waals surface area contributed by atoms with Crippen LogP contribution in [-0.2, 0) is 27.9 Å². The number of aliphatic hydroxyl groups is 3. The SMILES string of the molecule is OC[C@H]1O[C@]2(CCc3cc(Cl)c(Cc4ccc(O[C@H]5CCOC5)cc4)cc32)C[C@@H](O)[C@@H]1O. The molecule has 3 aliphatic rings. The van der Waals surface area contributed by atoms with E-state index in [1.54, 1.807) is 0 Å². The number of ether oxygens (including phenoxy) is 3. The Kier molecular flexibility index (Phi) is 6.18. The lowest BCUT2D eigenvalue weighted by Crippen LogP contribution is -2.53. The molecule has 0 saturated carbocycles. The topological polar surface area (TPSA) is 88.4 Å². The molecule has 32 heavy (non-hydrogen) atoms. The van der Waals surface area contributed by atoms with Crippen LogP contribution in [0.5, 0.6) is 5.75 Å². The predicted octanol–water partition coefficient (Wildman–Crippen LogP) is 2.74. The van der Waals surface area contributed by atoms with Crippen LogP contribution in [0.15, 0.2) is 36.4 Å². The van der Waals surface area contributed by atoms with Crippen molar-refractivity contribution in [3.8, 4) is 5.75 Å². The summed E-state index contributed by atoms with van der Waals surface area (Å²) in [7, 11) is 0. The number of rotatable bonds is 5. The summed E-state index contributed by atoms with van der Waals surface area (Å²) in [6.07, 6.45) is 0.643. The first-order valence-electron chi connectivity index (χ1n) is 11.3. The van der Waals surface area contributed by atoms with E-state index in [0.717, 1.165) is 47.5 Å². The first kappa shape index (κ1) is 22.1. The summed E-state index contributed by atoms with van der Waals surface area (Å²) in [6.45, 7) is 1.05. The molecule has 2 aromatic carbocycles. The van der Waals surface area contributed by atoms with E-state index in [4.69, 9.17) is 25.8 Å². The Balaban J connectivity index is 1.37. The molecule has 172 valence electrons. The fraction of sp³-hybridized carbons (Fsp3) is 0.520. The fourth-order valence-electron chi connectivity index (χ4n) is 5.19. The molecule has 0 aromatic heterocycles. The second-order valence-electron chi connectivity index (χ2n) is 9.12. The zero-order chi connectivity index (χ0) is 22.3. The summed E-state index contributed by atoms with van der Waals surface area (Å²) in [5.74, 6) is 0.835. The Morgan fingerprint density at radius 3 is 2.69 bits per heavy atom. The van der Waals surface area contributed by atoms with Gasteiger partial charge in [0.1, 0.15) is 24.1 Å². The largest absolute Gasteiger partial charge is 0.488 e. The molecule has 5 rings (SSSR count). The minimum absolute atomic E-state index is 0.121. The number of benzene rings is 2. The van der Waals surface area contributed by atoms with Crippen molar-refractivity contribution in [2.75, 3.05) is 19.8 Å². The van der Waals surface area contributed by atoms with Crippen molar-refractivity contribution in [1.82, 2.24) is 0 Å². The number of aliphatic hydroxyl groups excluding tert-OH is 3. The standard InChI is InChI=1S/C25H29ClO6/c26-21-11-16-5-7-25(12-22(28)24(29)23(13-27)32-25)20(16)10-17(21)9-15-1-3-18(4-2-15)31-19-6-8-30-14-19/h1-4,10-11,19,22-24,27-29H,5-9,12-14H2/t19-,22+,23+,24-,25+/m0/s1. The summed E-state index contributed by atoms with van der Waals surface area (Å²) in [6, 6.07) is 12.1. The van der Waals surface area contributed by atoms with Gasteiger partial charge in [-0.2, -0.15) is 0 Å². The second kappa shape index (κ2) is 8.93. The van der Waals surface area contributed by atoms with E-state index in [1.165, 1.54) is 0 Å². The van der Waals surface area contributed by atoms with Crippen LogP contribution in [-0.4, -0.2) is 59.6 Å². The zero-order valence-corrected chi connectivity index (χ0v) is 18.6. The van der Waals surface area contributed by atoms with Gasteiger partial charge >= 0.3 is 0 Å². The zero-order valence-electron chi connectivity index (χ0n) is 17.9. The molecule has 0 bridgehead atoms. The van der Waals surface area contributed by atoms with Crippen LogP contribution in [0.1, 0.15) is 41.5 Å². The smallest absolute Gasteiger partial charge is 0.124 e. The highest BCUT2D eigenvalue weighted by atomic mass is 35.5. The number of hydrogen-bond donors (Lipinski definition) is 3. The molecule has 0 unspecified atom stereocenters. The Bertz CT molecular complexity index is 958. The summed E-state index contributed by atoms with van der Waals surface area (Å²) < 4.78 is 17.5. The van der Waals surface area contributed by atoms with Crippen molar-refractivity contribution in [1.29, 1.82) is 0 Å². The highest BCUT2D eigenvalue weighted by Crippen LogP contribution is 2.48. The first-order chi connectivity index (χ1) is 15.5. The van der Waals surface area contributed by atoms with Crippen LogP contribution in [0.2, 0.25) is 5.02 Å². The highest BCUT2D eigenvalue weighted by Gasteiger charge is 2.50. The van der Waals surface area contributed by atoms with Crippen molar-refractivity contribution in [2.24, 2.45) is 0 Å².